The van der Waals surface area contributed by atoms with Crippen LogP contribution in [0.1, 0.15) is 25.1 Å². The van der Waals surface area contributed by atoms with E-state index in [9.17, 15) is 9.59 Å². The molecule has 0 aliphatic carbocycles. The number of carboxylic acids is 1. The lowest BCUT2D eigenvalue weighted by atomic mass is 10.2. The first-order chi connectivity index (χ1) is 9.43. The van der Waals surface area contributed by atoms with Crippen molar-refractivity contribution < 1.29 is 14.7 Å². The van der Waals surface area contributed by atoms with Gasteiger partial charge in [-0.1, -0.05) is 13.0 Å². The predicted molar refractivity (Wildman–Crippen MR) is 79.8 cm³/mol. The maximum Gasteiger partial charge on any atom is 0.304 e. The van der Waals surface area contributed by atoms with E-state index in [1.807, 2.05) is 36.3 Å². The fourth-order valence-electron chi connectivity index (χ4n) is 1.98. The molecule has 0 bridgehead atoms. The van der Waals surface area contributed by atoms with Crippen molar-refractivity contribution in [2.75, 3.05) is 20.1 Å². The molecular weight excluding hydrogens is 276 g/mol. The number of carboxylic acid groups (broad SMARTS) is 1. The molecule has 20 heavy (non-hydrogen) atoms. The summed E-state index contributed by atoms with van der Waals surface area (Å²) in [5.41, 5.74) is 0. The molecule has 1 N–H and O–H groups in total. The first-order valence-corrected chi connectivity index (χ1v) is 7.54. The molecule has 0 spiro atoms. The zero-order valence-corrected chi connectivity index (χ0v) is 13.0. The van der Waals surface area contributed by atoms with Gasteiger partial charge < -0.3 is 10.0 Å². The van der Waals surface area contributed by atoms with Gasteiger partial charge in [0.05, 0.1) is 19.5 Å². The zero-order valence-electron chi connectivity index (χ0n) is 12.2. The van der Waals surface area contributed by atoms with Crippen LogP contribution < -0.4 is 0 Å². The quantitative estimate of drug-likeness (QED) is 0.796. The van der Waals surface area contributed by atoms with Crippen LogP contribution in [0.4, 0.5) is 0 Å². The van der Waals surface area contributed by atoms with E-state index in [2.05, 4.69) is 0 Å². The van der Waals surface area contributed by atoms with Crippen LogP contribution in [0.5, 0.6) is 0 Å². The lowest BCUT2D eigenvalue weighted by Crippen LogP contribution is -2.42. The minimum atomic E-state index is -0.838. The van der Waals surface area contributed by atoms with E-state index in [0.717, 1.165) is 4.88 Å². The Balaban J connectivity index is 2.51. The van der Waals surface area contributed by atoms with Gasteiger partial charge >= 0.3 is 5.97 Å². The normalized spacial score (nSPS) is 12.4. The summed E-state index contributed by atoms with van der Waals surface area (Å²) in [6.45, 7) is 5.29. The standard InChI is InChI=1S/C14H22N2O3S/c1-4-16(11(2)8-14(18)19)10-13(17)15(3)9-12-6-5-7-20-12/h5-7,11H,4,8-10H2,1-3H3,(H,18,19). The molecule has 1 atom stereocenters. The number of amides is 1. The minimum Gasteiger partial charge on any atom is -0.481 e. The van der Waals surface area contributed by atoms with Gasteiger partial charge in [0.25, 0.3) is 0 Å². The molecule has 112 valence electrons. The van der Waals surface area contributed by atoms with E-state index in [0.29, 0.717) is 13.1 Å². The van der Waals surface area contributed by atoms with Gasteiger partial charge in [-0.25, -0.2) is 0 Å². The van der Waals surface area contributed by atoms with Gasteiger partial charge in [-0.3, -0.25) is 14.5 Å². The molecule has 0 fully saturated rings. The smallest absolute Gasteiger partial charge is 0.304 e. The van der Waals surface area contributed by atoms with Crippen LogP contribution in [0.2, 0.25) is 0 Å². The average molecular weight is 298 g/mol. The molecule has 0 aliphatic heterocycles. The van der Waals surface area contributed by atoms with Crippen molar-refractivity contribution in [1.82, 2.24) is 9.80 Å². The number of hydrogen-bond donors (Lipinski definition) is 1. The van der Waals surface area contributed by atoms with Crippen LogP contribution in [0, 0.1) is 0 Å². The van der Waals surface area contributed by atoms with Crippen LogP contribution >= 0.6 is 11.3 Å². The van der Waals surface area contributed by atoms with Gasteiger partial charge in [-0.2, -0.15) is 0 Å². The molecule has 1 heterocycles. The number of aliphatic carboxylic acids is 1. The fraction of sp³-hybridized carbons (Fsp3) is 0.571. The topological polar surface area (TPSA) is 60.9 Å². The van der Waals surface area contributed by atoms with Crippen molar-refractivity contribution in [1.29, 1.82) is 0 Å². The van der Waals surface area contributed by atoms with Gasteiger partial charge in [0.2, 0.25) is 5.91 Å². The van der Waals surface area contributed by atoms with E-state index >= 15 is 0 Å². The average Bonchev–Trinajstić information content (AvgIpc) is 2.87. The number of rotatable bonds is 8. The summed E-state index contributed by atoms with van der Waals surface area (Å²) in [5, 5.41) is 10.8. The molecular formula is C14H22N2O3S. The number of carbonyl (C=O) groups is 2. The Kier molecular flexibility index (Phi) is 6.67. The van der Waals surface area contributed by atoms with Gasteiger partial charge in [0, 0.05) is 18.0 Å². The molecule has 0 saturated heterocycles. The van der Waals surface area contributed by atoms with E-state index < -0.39 is 5.97 Å². The zero-order chi connectivity index (χ0) is 15.1. The molecule has 0 radical (unpaired) electrons. The third-order valence-electron chi connectivity index (χ3n) is 3.24. The summed E-state index contributed by atoms with van der Waals surface area (Å²) < 4.78 is 0. The van der Waals surface area contributed by atoms with Crippen LogP contribution in [-0.2, 0) is 16.1 Å². The molecule has 1 rings (SSSR count). The maximum absolute atomic E-state index is 12.2. The maximum atomic E-state index is 12.2. The highest BCUT2D eigenvalue weighted by atomic mass is 32.1. The second kappa shape index (κ2) is 8.01. The third kappa shape index (κ3) is 5.30. The number of likely N-dealkylation sites (N-methyl/N-ethyl adjacent to an activating group) is 2. The van der Waals surface area contributed by atoms with Crippen molar-refractivity contribution in [3.05, 3.63) is 22.4 Å². The summed E-state index contributed by atoms with van der Waals surface area (Å²) in [6.07, 6.45) is 0.0513. The van der Waals surface area contributed by atoms with Gasteiger partial charge in [-0.15, -0.1) is 11.3 Å². The molecule has 1 amide bonds. The van der Waals surface area contributed by atoms with E-state index in [4.69, 9.17) is 5.11 Å². The second-order valence-corrected chi connectivity index (χ2v) is 5.87. The van der Waals surface area contributed by atoms with E-state index in [-0.39, 0.29) is 24.9 Å². The lowest BCUT2D eigenvalue weighted by Gasteiger charge is -2.28. The molecule has 0 aliphatic rings. The molecule has 1 unspecified atom stereocenters. The minimum absolute atomic E-state index is 0.0116. The summed E-state index contributed by atoms with van der Waals surface area (Å²) in [4.78, 5) is 27.6. The van der Waals surface area contributed by atoms with Crippen LogP contribution in [0.3, 0.4) is 0 Å². The first-order valence-electron chi connectivity index (χ1n) is 6.66. The predicted octanol–water partition coefficient (Wildman–Crippen LogP) is 1.89. The lowest BCUT2D eigenvalue weighted by molar-refractivity contribution is -0.139. The largest absolute Gasteiger partial charge is 0.481 e. The van der Waals surface area contributed by atoms with Crippen molar-refractivity contribution in [2.24, 2.45) is 0 Å². The SMILES string of the molecule is CCN(CC(=O)N(C)Cc1cccs1)C(C)CC(=O)O. The molecule has 5 nitrogen and oxygen atoms in total. The van der Waals surface area contributed by atoms with Crippen LogP contribution in [0.15, 0.2) is 17.5 Å². The van der Waals surface area contributed by atoms with Crippen molar-refractivity contribution in [3.8, 4) is 0 Å². The van der Waals surface area contributed by atoms with Crippen LogP contribution in [-0.4, -0.2) is 53.0 Å². The Morgan fingerprint density at radius 1 is 1.45 bits per heavy atom. The number of thiophene rings is 1. The molecule has 0 saturated carbocycles. The van der Waals surface area contributed by atoms with Crippen molar-refractivity contribution in [3.63, 3.8) is 0 Å². The van der Waals surface area contributed by atoms with Gasteiger partial charge in [-0.05, 0) is 24.9 Å². The molecule has 6 heteroatoms. The third-order valence-corrected chi connectivity index (χ3v) is 4.10. The molecule has 1 aromatic rings. The fourth-order valence-corrected chi connectivity index (χ4v) is 2.74. The second-order valence-electron chi connectivity index (χ2n) is 4.84. The summed E-state index contributed by atoms with van der Waals surface area (Å²) in [6, 6.07) is 3.82. The van der Waals surface area contributed by atoms with Crippen LogP contribution in [0.25, 0.3) is 0 Å². The van der Waals surface area contributed by atoms with Gasteiger partial charge in [0.1, 0.15) is 0 Å². The highest BCUT2D eigenvalue weighted by Gasteiger charge is 2.20. The Bertz CT molecular complexity index is 434. The number of nitrogens with zero attached hydrogens (tertiary/aromatic N) is 2. The Hall–Kier alpha value is -1.40. The first kappa shape index (κ1) is 16.7. The Morgan fingerprint density at radius 2 is 2.15 bits per heavy atom. The van der Waals surface area contributed by atoms with Crippen molar-refractivity contribution in [2.45, 2.75) is 32.9 Å². The summed E-state index contributed by atoms with van der Waals surface area (Å²) in [7, 11) is 1.78. The number of carbonyl (C=O) groups excluding carboxylic acids is 1. The highest BCUT2D eigenvalue weighted by Crippen LogP contribution is 2.11. The van der Waals surface area contributed by atoms with E-state index in [1.54, 1.807) is 23.3 Å². The van der Waals surface area contributed by atoms with E-state index in [1.165, 1.54) is 0 Å². The van der Waals surface area contributed by atoms with Crippen molar-refractivity contribution >= 4 is 23.2 Å². The summed E-state index contributed by atoms with van der Waals surface area (Å²) >= 11 is 1.62. The monoisotopic (exact) mass is 298 g/mol. The Morgan fingerprint density at radius 3 is 2.65 bits per heavy atom. The summed E-state index contributed by atoms with van der Waals surface area (Å²) in [5.74, 6) is -0.826. The number of hydrogen-bond acceptors (Lipinski definition) is 4. The highest BCUT2D eigenvalue weighted by molar-refractivity contribution is 7.09. The molecule has 1 aromatic heterocycles. The van der Waals surface area contributed by atoms with Gasteiger partial charge in [0.15, 0.2) is 0 Å². The Labute approximate surface area is 123 Å². The molecule has 0 aromatic carbocycles.